The van der Waals surface area contributed by atoms with Crippen molar-refractivity contribution in [3.05, 3.63) is 12.7 Å². The zero-order valence-corrected chi connectivity index (χ0v) is 8.31. The summed E-state index contributed by atoms with van der Waals surface area (Å²) in [5, 5.41) is 8.99. The minimum Gasteiger partial charge on any atom is -0.481 e. The Hall–Kier alpha value is -1.52. The van der Waals surface area contributed by atoms with Crippen LogP contribution in [-0.2, 0) is 9.53 Å². The van der Waals surface area contributed by atoms with Gasteiger partial charge in [0.25, 0.3) is 0 Å². The van der Waals surface area contributed by atoms with E-state index < -0.39 is 17.5 Å². The molecule has 0 aromatic heterocycles. The number of nitrogens with zero attached hydrogens (tertiary/aromatic N) is 1. The predicted octanol–water partition coefficient (Wildman–Crippen LogP) is 0.716. The molecule has 82 valence electrons. The van der Waals surface area contributed by atoms with Gasteiger partial charge in [0.05, 0.1) is 5.41 Å². The number of carbonyl (C=O) groups is 2. The van der Waals surface area contributed by atoms with Gasteiger partial charge in [0.15, 0.2) is 0 Å². The summed E-state index contributed by atoms with van der Waals surface area (Å²) in [4.78, 5) is 23.8. The molecular formula is C10H13NO4. The molecule has 15 heavy (non-hydrogen) atoms. The number of carboxylic acid groups (broad SMARTS) is 1. The smallest absolute Gasteiger partial charge is 0.410 e. The fourth-order valence-corrected chi connectivity index (χ4v) is 2.18. The molecule has 0 aromatic carbocycles. The number of rotatable bonds is 3. The van der Waals surface area contributed by atoms with Crippen molar-refractivity contribution in [1.29, 1.82) is 0 Å². The van der Waals surface area contributed by atoms with E-state index in [0.717, 1.165) is 0 Å². The number of carboxylic acids is 1. The van der Waals surface area contributed by atoms with Gasteiger partial charge in [0, 0.05) is 13.1 Å². The lowest BCUT2D eigenvalue weighted by molar-refractivity contribution is -0.143. The molecule has 0 aromatic rings. The topological polar surface area (TPSA) is 66.8 Å². The average molecular weight is 211 g/mol. The Morgan fingerprint density at radius 3 is 2.93 bits per heavy atom. The number of ether oxygens (including phenoxy) is 1. The molecule has 1 aliphatic carbocycles. The number of piperidine rings is 1. The maximum absolute atomic E-state index is 11.4. The van der Waals surface area contributed by atoms with Crippen LogP contribution < -0.4 is 0 Å². The van der Waals surface area contributed by atoms with Gasteiger partial charge in [-0.15, -0.1) is 0 Å². The molecule has 0 unspecified atom stereocenters. The highest BCUT2D eigenvalue weighted by Crippen LogP contribution is 2.57. The first-order valence-corrected chi connectivity index (χ1v) is 4.86. The van der Waals surface area contributed by atoms with Crippen LogP contribution in [0.2, 0.25) is 0 Å². The first-order chi connectivity index (χ1) is 7.10. The zero-order chi connectivity index (χ0) is 11.1. The number of carbonyl (C=O) groups excluding carboxylic acids is 1. The van der Waals surface area contributed by atoms with E-state index in [1.54, 1.807) is 0 Å². The second kappa shape index (κ2) is 3.25. The summed E-state index contributed by atoms with van der Waals surface area (Å²) in [6, 6.07) is 0. The van der Waals surface area contributed by atoms with Crippen LogP contribution in [0.5, 0.6) is 0 Å². The molecule has 5 heteroatoms. The molecule has 2 atom stereocenters. The summed E-state index contributed by atoms with van der Waals surface area (Å²) in [6.45, 7) is 4.38. The summed E-state index contributed by atoms with van der Waals surface area (Å²) in [6.07, 6.45) is 1.73. The monoisotopic (exact) mass is 211 g/mol. The Balaban J connectivity index is 1.92. The zero-order valence-electron chi connectivity index (χ0n) is 8.31. The number of aliphatic carboxylic acids is 1. The van der Waals surface area contributed by atoms with Crippen molar-refractivity contribution in [3.63, 3.8) is 0 Å². The van der Waals surface area contributed by atoms with Gasteiger partial charge in [0.1, 0.15) is 6.61 Å². The molecule has 2 aliphatic rings. The fraction of sp³-hybridized carbons (Fsp3) is 0.600. The molecule has 1 N–H and O–H groups in total. The van der Waals surface area contributed by atoms with Crippen LogP contribution in [-0.4, -0.2) is 41.8 Å². The lowest BCUT2D eigenvalue weighted by Gasteiger charge is -2.18. The molecule has 0 spiro atoms. The first kappa shape index (κ1) is 10.0. The average Bonchev–Trinajstić information content (AvgIpc) is 2.79. The van der Waals surface area contributed by atoms with Gasteiger partial charge in [-0.3, -0.25) is 4.79 Å². The Kier molecular flexibility index (Phi) is 2.17. The summed E-state index contributed by atoms with van der Waals surface area (Å²) < 4.78 is 4.84. The van der Waals surface area contributed by atoms with E-state index in [4.69, 9.17) is 9.84 Å². The summed E-state index contributed by atoms with van der Waals surface area (Å²) in [7, 11) is 0. The van der Waals surface area contributed by atoms with Gasteiger partial charge in [-0.1, -0.05) is 12.7 Å². The van der Waals surface area contributed by atoms with Crippen LogP contribution in [0.3, 0.4) is 0 Å². The number of fused-ring (bicyclic) bond motifs is 1. The lowest BCUT2D eigenvalue weighted by atomic mass is 10.1. The third kappa shape index (κ3) is 1.48. The Morgan fingerprint density at radius 2 is 2.40 bits per heavy atom. The van der Waals surface area contributed by atoms with Crippen molar-refractivity contribution in [2.24, 2.45) is 11.3 Å². The van der Waals surface area contributed by atoms with E-state index in [1.165, 1.54) is 11.0 Å². The van der Waals surface area contributed by atoms with E-state index >= 15 is 0 Å². The van der Waals surface area contributed by atoms with Crippen molar-refractivity contribution in [2.75, 3.05) is 19.7 Å². The van der Waals surface area contributed by atoms with E-state index in [-0.39, 0.29) is 19.1 Å². The highest BCUT2D eigenvalue weighted by Gasteiger charge is 2.66. The molecular weight excluding hydrogens is 198 g/mol. The fourth-order valence-electron chi connectivity index (χ4n) is 2.18. The van der Waals surface area contributed by atoms with Crippen LogP contribution in [0.15, 0.2) is 12.7 Å². The van der Waals surface area contributed by atoms with Crippen LogP contribution in [0.1, 0.15) is 6.42 Å². The summed E-state index contributed by atoms with van der Waals surface area (Å²) in [5.41, 5.74) is -0.673. The van der Waals surface area contributed by atoms with Crippen LogP contribution in [0, 0.1) is 11.3 Å². The van der Waals surface area contributed by atoms with Crippen molar-refractivity contribution >= 4 is 12.1 Å². The van der Waals surface area contributed by atoms with Crippen LogP contribution in [0.25, 0.3) is 0 Å². The maximum Gasteiger partial charge on any atom is 0.410 e. The number of amides is 1. The molecule has 5 nitrogen and oxygen atoms in total. The molecule has 1 saturated carbocycles. The summed E-state index contributed by atoms with van der Waals surface area (Å²) in [5.74, 6) is -0.683. The number of hydrogen-bond acceptors (Lipinski definition) is 3. The normalized spacial score (nSPS) is 32.0. The molecule has 2 rings (SSSR count). The Labute approximate surface area is 87.3 Å². The first-order valence-electron chi connectivity index (χ1n) is 4.86. The van der Waals surface area contributed by atoms with Crippen LogP contribution in [0.4, 0.5) is 4.79 Å². The SMILES string of the molecule is C=CCOC(=O)N1C[C@@H]2C[C@@]2(C(=O)O)C1. The lowest BCUT2D eigenvalue weighted by Crippen LogP contribution is -2.34. The second-order valence-corrected chi connectivity index (χ2v) is 4.11. The van der Waals surface area contributed by atoms with E-state index in [1.807, 2.05) is 0 Å². The Morgan fingerprint density at radius 1 is 1.67 bits per heavy atom. The highest BCUT2D eigenvalue weighted by atomic mass is 16.6. The predicted molar refractivity (Wildman–Crippen MR) is 51.3 cm³/mol. The van der Waals surface area contributed by atoms with Gasteiger partial charge < -0.3 is 14.7 Å². The molecule has 2 fully saturated rings. The third-order valence-electron chi connectivity index (χ3n) is 3.15. The van der Waals surface area contributed by atoms with Crippen LogP contribution >= 0.6 is 0 Å². The van der Waals surface area contributed by atoms with Crippen molar-refractivity contribution in [1.82, 2.24) is 4.90 Å². The molecule has 0 bridgehead atoms. The standard InChI is InChI=1S/C10H13NO4/c1-2-3-15-9(14)11-5-7-4-10(7,6-11)8(12)13/h2,7H,1,3-6H2,(H,12,13)/t7-,10+/m0/s1. The van der Waals surface area contributed by atoms with Gasteiger partial charge in [-0.25, -0.2) is 4.79 Å². The minimum absolute atomic E-state index is 0.117. The molecule has 1 amide bonds. The Bertz CT molecular complexity index is 327. The highest BCUT2D eigenvalue weighted by molar-refractivity contribution is 5.81. The van der Waals surface area contributed by atoms with E-state index in [0.29, 0.717) is 13.0 Å². The number of likely N-dealkylation sites (tertiary alicyclic amines) is 1. The van der Waals surface area contributed by atoms with E-state index in [9.17, 15) is 9.59 Å². The maximum atomic E-state index is 11.4. The minimum atomic E-state index is -0.800. The summed E-state index contributed by atoms with van der Waals surface area (Å²) >= 11 is 0. The van der Waals surface area contributed by atoms with Crippen molar-refractivity contribution in [3.8, 4) is 0 Å². The quantitative estimate of drug-likeness (QED) is 0.698. The van der Waals surface area contributed by atoms with Gasteiger partial charge in [-0.2, -0.15) is 0 Å². The molecule has 0 radical (unpaired) electrons. The van der Waals surface area contributed by atoms with Crippen molar-refractivity contribution < 1.29 is 19.4 Å². The van der Waals surface area contributed by atoms with Gasteiger partial charge in [-0.05, 0) is 12.3 Å². The third-order valence-corrected chi connectivity index (χ3v) is 3.15. The van der Waals surface area contributed by atoms with Gasteiger partial charge >= 0.3 is 12.1 Å². The molecule has 1 heterocycles. The molecule has 1 saturated heterocycles. The second-order valence-electron chi connectivity index (χ2n) is 4.11. The van der Waals surface area contributed by atoms with Gasteiger partial charge in [0.2, 0.25) is 0 Å². The largest absolute Gasteiger partial charge is 0.481 e. The number of hydrogen-bond donors (Lipinski definition) is 1. The molecule has 1 aliphatic heterocycles. The van der Waals surface area contributed by atoms with Crippen molar-refractivity contribution in [2.45, 2.75) is 6.42 Å². The van der Waals surface area contributed by atoms with E-state index in [2.05, 4.69) is 6.58 Å².